The maximum Gasteiger partial charge on any atom is 0.0771 e. The lowest BCUT2D eigenvalue weighted by Crippen LogP contribution is -1.87. The van der Waals surface area contributed by atoms with Gasteiger partial charge >= 0.3 is 0 Å². The van der Waals surface area contributed by atoms with E-state index < -0.39 is 0 Å². The number of hydrogen-bond acceptors (Lipinski definition) is 2. The smallest absolute Gasteiger partial charge is 0.0771 e. The number of thiocarbonyl (C=S) groups is 1. The van der Waals surface area contributed by atoms with Crippen molar-refractivity contribution < 1.29 is 0 Å². The molecule has 0 aromatic heterocycles. The Labute approximate surface area is 84.5 Å². The summed E-state index contributed by atoms with van der Waals surface area (Å²) in [5.74, 6) is 0.527. The normalized spacial score (nSPS) is 9.85. The van der Waals surface area contributed by atoms with Gasteiger partial charge in [0.15, 0.2) is 0 Å². The predicted molar refractivity (Wildman–Crippen MR) is 60.0 cm³/mol. The molecule has 0 saturated heterocycles. The van der Waals surface area contributed by atoms with Crippen LogP contribution in [-0.2, 0) is 0 Å². The average molecular weight is 191 g/mol. The van der Waals surface area contributed by atoms with Gasteiger partial charge in [-0.1, -0.05) is 26.0 Å². The third kappa shape index (κ3) is 2.48. The van der Waals surface area contributed by atoms with Gasteiger partial charge in [0, 0.05) is 0 Å². The Hall–Kier alpha value is -0.980. The molecule has 0 saturated carbocycles. The van der Waals surface area contributed by atoms with Gasteiger partial charge in [0.25, 0.3) is 0 Å². The van der Waals surface area contributed by atoms with Gasteiger partial charge in [-0.05, 0) is 42.3 Å². The summed E-state index contributed by atoms with van der Waals surface area (Å²) in [4.78, 5) is 4.01. The molecule has 0 unspecified atom stereocenters. The van der Waals surface area contributed by atoms with Gasteiger partial charge in [-0.15, -0.1) is 0 Å². The Morgan fingerprint density at radius 3 is 2.62 bits per heavy atom. The molecule has 0 aliphatic carbocycles. The van der Waals surface area contributed by atoms with Crippen LogP contribution in [0.15, 0.2) is 23.2 Å². The highest BCUT2D eigenvalue weighted by Crippen LogP contribution is 2.23. The number of nitrogens with zero attached hydrogens (tertiary/aromatic N) is 1. The van der Waals surface area contributed by atoms with Crippen LogP contribution in [0.25, 0.3) is 0 Å². The minimum atomic E-state index is 0.527. The predicted octanol–water partition coefficient (Wildman–Crippen LogP) is 3.85. The molecular formula is C11H13NS. The molecule has 1 nitrogen and oxygen atoms in total. The Kier molecular flexibility index (Phi) is 3.35. The number of rotatable bonds is 2. The van der Waals surface area contributed by atoms with Gasteiger partial charge in [-0.3, -0.25) is 0 Å². The fourth-order valence-corrected chi connectivity index (χ4v) is 1.25. The van der Waals surface area contributed by atoms with Crippen molar-refractivity contribution in [2.75, 3.05) is 0 Å². The molecule has 0 bridgehead atoms. The highest BCUT2D eigenvalue weighted by molar-refractivity contribution is 7.78. The fraction of sp³-hybridized carbons (Fsp3) is 0.364. The molecule has 2 heteroatoms. The molecule has 0 aliphatic heterocycles. The molecule has 0 atom stereocenters. The van der Waals surface area contributed by atoms with Gasteiger partial charge in [0.2, 0.25) is 0 Å². The molecule has 0 aliphatic rings. The molecule has 13 heavy (non-hydrogen) atoms. The minimum absolute atomic E-state index is 0.527. The fourth-order valence-electron chi connectivity index (χ4n) is 1.16. The highest BCUT2D eigenvalue weighted by Gasteiger charge is 2.01. The van der Waals surface area contributed by atoms with Gasteiger partial charge in [-0.25, -0.2) is 0 Å². The van der Waals surface area contributed by atoms with E-state index in [4.69, 9.17) is 0 Å². The van der Waals surface area contributed by atoms with Crippen molar-refractivity contribution >= 4 is 23.1 Å². The molecule has 1 rings (SSSR count). The van der Waals surface area contributed by atoms with E-state index in [1.165, 1.54) is 5.56 Å². The number of hydrogen-bond donors (Lipinski definition) is 0. The van der Waals surface area contributed by atoms with Crippen LogP contribution in [0.2, 0.25) is 0 Å². The van der Waals surface area contributed by atoms with E-state index in [9.17, 15) is 0 Å². The van der Waals surface area contributed by atoms with Crippen LogP contribution in [0.5, 0.6) is 0 Å². The van der Waals surface area contributed by atoms with Gasteiger partial charge < -0.3 is 0 Å². The first-order valence-electron chi connectivity index (χ1n) is 4.33. The van der Waals surface area contributed by atoms with Crippen LogP contribution in [0.3, 0.4) is 0 Å². The lowest BCUT2D eigenvalue weighted by atomic mass is 10.0. The van der Waals surface area contributed by atoms with Crippen molar-refractivity contribution in [3.05, 3.63) is 29.3 Å². The maximum atomic E-state index is 4.59. The Morgan fingerprint density at radius 2 is 2.08 bits per heavy atom. The van der Waals surface area contributed by atoms with E-state index in [2.05, 4.69) is 54.4 Å². The molecule has 0 radical (unpaired) electrons. The summed E-state index contributed by atoms with van der Waals surface area (Å²) in [7, 11) is 0. The van der Waals surface area contributed by atoms with Crippen molar-refractivity contribution in [3.63, 3.8) is 0 Å². The molecule has 68 valence electrons. The summed E-state index contributed by atoms with van der Waals surface area (Å²) in [6.07, 6.45) is 0. The Bertz CT molecular complexity index is 349. The van der Waals surface area contributed by atoms with Crippen molar-refractivity contribution in [1.82, 2.24) is 0 Å². The van der Waals surface area contributed by atoms with Crippen LogP contribution in [0, 0.1) is 6.92 Å². The minimum Gasteiger partial charge on any atom is -0.194 e. The van der Waals surface area contributed by atoms with Gasteiger partial charge in [0.1, 0.15) is 0 Å². The standard InChI is InChI=1S/C11H13NS/c1-8(2)10-5-4-9(3)11(6-10)12-7-13/h4-6,8H,1-3H3. The lowest BCUT2D eigenvalue weighted by molar-refractivity contribution is 0.866. The van der Waals surface area contributed by atoms with Gasteiger partial charge in [0.05, 0.1) is 10.8 Å². The molecule has 1 aromatic rings. The monoisotopic (exact) mass is 191 g/mol. The maximum absolute atomic E-state index is 4.59. The number of aryl methyl sites for hydroxylation is 1. The van der Waals surface area contributed by atoms with E-state index in [1.807, 2.05) is 6.92 Å². The Morgan fingerprint density at radius 1 is 1.38 bits per heavy atom. The van der Waals surface area contributed by atoms with E-state index >= 15 is 0 Å². The highest BCUT2D eigenvalue weighted by atomic mass is 32.1. The number of aliphatic imine (C=N–C) groups is 1. The number of isothiocyanates is 1. The van der Waals surface area contributed by atoms with Crippen molar-refractivity contribution in [2.24, 2.45) is 4.99 Å². The largest absolute Gasteiger partial charge is 0.194 e. The molecular weight excluding hydrogens is 178 g/mol. The Balaban J connectivity index is 3.18. The van der Waals surface area contributed by atoms with Crippen molar-refractivity contribution in [2.45, 2.75) is 26.7 Å². The van der Waals surface area contributed by atoms with Crippen molar-refractivity contribution in [3.8, 4) is 0 Å². The zero-order valence-corrected chi connectivity index (χ0v) is 8.98. The molecule has 0 spiro atoms. The van der Waals surface area contributed by atoms with Crippen LogP contribution < -0.4 is 0 Å². The molecule has 0 heterocycles. The summed E-state index contributed by atoms with van der Waals surface area (Å²) < 4.78 is 0. The SMILES string of the molecule is Cc1ccc(C(C)C)cc1N=C=S. The third-order valence-electron chi connectivity index (χ3n) is 2.07. The second-order valence-electron chi connectivity index (χ2n) is 3.40. The van der Waals surface area contributed by atoms with E-state index in [-0.39, 0.29) is 0 Å². The third-order valence-corrected chi connectivity index (χ3v) is 2.16. The van der Waals surface area contributed by atoms with Crippen molar-refractivity contribution in [1.29, 1.82) is 0 Å². The van der Waals surface area contributed by atoms with E-state index in [1.54, 1.807) is 0 Å². The average Bonchev–Trinajstić information content (AvgIpc) is 2.08. The molecule has 0 N–H and O–H groups in total. The summed E-state index contributed by atoms with van der Waals surface area (Å²) in [5.41, 5.74) is 3.36. The zero-order valence-electron chi connectivity index (χ0n) is 8.16. The van der Waals surface area contributed by atoms with E-state index in [0.29, 0.717) is 5.92 Å². The van der Waals surface area contributed by atoms with Crippen LogP contribution in [0.4, 0.5) is 5.69 Å². The summed E-state index contributed by atoms with van der Waals surface area (Å²) in [6, 6.07) is 6.27. The van der Waals surface area contributed by atoms with Gasteiger partial charge in [-0.2, -0.15) is 4.99 Å². The van der Waals surface area contributed by atoms with Crippen LogP contribution in [0.1, 0.15) is 30.9 Å². The second-order valence-corrected chi connectivity index (χ2v) is 3.59. The first-order chi connectivity index (χ1) is 6.15. The molecule has 1 aromatic carbocycles. The van der Waals surface area contributed by atoms with Crippen LogP contribution >= 0.6 is 12.2 Å². The van der Waals surface area contributed by atoms with Crippen LogP contribution in [-0.4, -0.2) is 5.16 Å². The topological polar surface area (TPSA) is 12.4 Å². The molecule has 0 amide bonds. The summed E-state index contributed by atoms with van der Waals surface area (Å²) >= 11 is 4.59. The van der Waals surface area contributed by atoms with E-state index in [0.717, 1.165) is 11.3 Å². The lowest BCUT2D eigenvalue weighted by Gasteiger charge is -2.06. The molecule has 0 fully saturated rings. The second kappa shape index (κ2) is 4.31. The summed E-state index contributed by atoms with van der Waals surface area (Å²) in [6.45, 7) is 6.35. The number of benzene rings is 1. The first-order valence-corrected chi connectivity index (χ1v) is 4.74. The summed E-state index contributed by atoms with van der Waals surface area (Å²) in [5, 5.41) is 2.40. The zero-order chi connectivity index (χ0) is 9.84. The first kappa shape index (κ1) is 10.1. The quantitative estimate of drug-likeness (QED) is 0.511.